The molecule has 0 aliphatic carbocycles. The molecule has 1 atom stereocenters. The zero-order valence-electron chi connectivity index (χ0n) is 16.2. The van der Waals surface area contributed by atoms with E-state index < -0.39 is 0 Å². The molecule has 5 nitrogen and oxygen atoms in total. The third-order valence-corrected chi connectivity index (χ3v) is 5.02. The van der Waals surface area contributed by atoms with Crippen LogP contribution in [-0.4, -0.2) is 21.5 Å². The van der Waals surface area contributed by atoms with Crippen molar-refractivity contribution in [3.63, 3.8) is 0 Å². The van der Waals surface area contributed by atoms with Gasteiger partial charge in [-0.25, -0.2) is 4.79 Å². The molecule has 1 heterocycles. The van der Waals surface area contributed by atoms with E-state index in [-0.39, 0.29) is 29.5 Å². The molecule has 0 radical (unpaired) electrons. The summed E-state index contributed by atoms with van der Waals surface area (Å²) in [6.07, 6.45) is 1.12. The Balaban J connectivity index is 1.57. The Morgan fingerprint density at radius 1 is 1.11 bits per heavy atom. The highest BCUT2D eigenvalue weighted by Gasteiger charge is 2.24. The van der Waals surface area contributed by atoms with Gasteiger partial charge in [0.05, 0.1) is 11.0 Å². The normalized spacial score (nSPS) is 12.9. The number of amides is 1. The number of nitrogens with zero attached hydrogens (tertiary/aromatic N) is 1. The first-order chi connectivity index (χ1) is 12.9. The van der Waals surface area contributed by atoms with Crippen LogP contribution in [0.5, 0.6) is 0 Å². The molecule has 0 aliphatic heterocycles. The first kappa shape index (κ1) is 19.0. The van der Waals surface area contributed by atoms with Crippen LogP contribution in [0.1, 0.15) is 39.2 Å². The molecule has 3 rings (SSSR count). The van der Waals surface area contributed by atoms with Crippen LogP contribution >= 0.6 is 0 Å². The highest BCUT2D eigenvalue weighted by molar-refractivity contribution is 5.77. The van der Waals surface area contributed by atoms with E-state index in [1.807, 2.05) is 49.4 Å². The van der Waals surface area contributed by atoms with Gasteiger partial charge in [0, 0.05) is 19.0 Å². The van der Waals surface area contributed by atoms with E-state index in [0.717, 1.165) is 17.5 Å². The lowest BCUT2D eigenvalue weighted by molar-refractivity contribution is -0.122. The molecule has 0 fully saturated rings. The van der Waals surface area contributed by atoms with Crippen LogP contribution in [0, 0.1) is 0 Å². The van der Waals surface area contributed by atoms with E-state index in [0.29, 0.717) is 6.54 Å². The van der Waals surface area contributed by atoms with Gasteiger partial charge in [-0.05, 0) is 36.5 Å². The maximum Gasteiger partial charge on any atom is 0.326 e. The Kier molecular flexibility index (Phi) is 5.49. The number of fused-ring (bicyclic) bond motifs is 1. The Labute approximate surface area is 159 Å². The average molecular weight is 365 g/mol. The lowest BCUT2D eigenvalue weighted by atomic mass is 9.79. The van der Waals surface area contributed by atoms with Crippen LogP contribution in [0.4, 0.5) is 0 Å². The predicted octanol–water partition coefficient (Wildman–Crippen LogP) is 3.59. The van der Waals surface area contributed by atoms with Gasteiger partial charge in [0.25, 0.3) is 0 Å². The number of H-pyrrole nitrogens is 1. The van der Waals surface area contributed by atoms with Crippen molar-refractivity contribution in [3.05, 3.63) is 70.6 Å². The molecule has 2 N–H and O–H groups in total. The van der Waals surface area contributed by atoms with Crippen molar-refractivity contribution < 1.29 is 4.79 Å². The second-order valence-electron chi connectivity index (χ2n) is 7.77. The number of benzene rings is 2. The van der Waals surface area contributed by atoms with Crippen molar-refractivity contribution in [3.8, 4) is 0 Å². The second kappa shape index (κ2) is 7.82. The number of aromatic amines is 1. The third-order valence-electron chi connectivity index (χ3n) is 5.02. The number of rotatable bonds is 7. The van der Waals surface area contributed by atoms with Crippen LogP contribution in [-0.2, 0) is 16.8 Å². The molecular formula is C22H27N3O2. The van der Waals surface area contributed by atoms with Crippen LogP contribution < -0.4 is 11.0 Å². The molecule has 1 amide bonds. The molecule has 0 unspecified atom stereocenters. The average Bonchev–Trinajstić information content (AvgIpc) is 2.95. The summed E-state index contributed by atoms with van der Waals surface area (Å²) in [7, 11) is 0. The maximum atomic E-state index is 12.4. The number of carbonyl (C=O) groups is 1. The van der Waals surface area contributed by atoms with Gasteiger partial charge in [-0.3, -0.25) is 9.36 Å². The highest BCUT2D eigenvalue weighted by atomic mass is 16.2. The van der Waals surface area contributed by atoms with Gasteiger partial charge in [0.1, 0.15) is 0 Å². The first-order valence-corrected chi connectivity index (χ1v) is 9.39. The summed E-state index contributed by atoms with van der Waals surface area (Å²) < 4.78 is 1.62. The summed E-state index contributed by atoms with van der Waals surface area (Å²) in [6.45, 7) is 6.77. The van der Waals surface area contributed by atoms with Gasteiger partial charge in [0.2, 0.25) is 5.91 Å². The minimum atomic E-state index is -0.178. The summed E-state index contributed by atoms with van der Waals surface area (Å²) in [5.41, 5.74) is 2.68. The summed E-state index contributed by atoms with van der Waals surface area (Å²) >= 11 is 0. The van der Waals surface area contributed by atoms with Gasteiger partial charge in [-0.15, -0.1) is 0 Å². The largest absolute Gasteiger partial charge is 0.354 e. The van der Waals surface area contributed by atoms with E-state index >= 15 is 0 Å². The van der Waals surface area contributed by atoms with Gasteiger partial charge < -0.3 is 10.3 Å². The maximum absolute atomic E-state index is 12.4. The number of aryl methyl sites for hydroxylation is 1. The Morgan fingerprint density at radius 3 is 2.52 bits per heavy atom. The van der Waals surface area contributed by atoms with E-state index in [4.69, 9.17) is 0 Å². The Bertz CT molecular complexity index is 970. The van der Waals surface area contributed by atoms with Gasteiger partial charge >= 0.3 is 5.69 Å². The monoisotopic (exact) mass is 365 g/mol. The molecule has 0 spiro atoms. The zero-order chi connectivity index (χ0) is 19.4. The predicted molar refractivity (Wildman–Crippen MR) is 109 cm³/mol. The van der Waals surface area contributed by atoms with Crippen molar-refractivity contribution >= 4 is 16.9 Å². The van der Waals surface area contributed by atoms with Gasteiger partial charge in [0.15, 0.2) is 0 Å². The molecule has 27 heavy (non-hydrogen) atoms. The van der Waals surface area contributed by atoms with Crippen molar-refractivity contribution in [2.75, 3.05) is 0 Å². The number of hydrogen-bond acceptors (Lipinski definition) is 2. The number of para-hydroxylation sites is 2. The third kappa shape index (κ3) is 4.48. The standard InChI is InChI=1S/C22H27N3O2/c1-16(15-22(2,3)17-9-5-4-6-10-17)23-20(26)13-14-25-19-12-8-7-11-18(19)24-21(25)27/h4-12,16H,13-15H2,1-3H3,(H,23,26)(H,24,27)/t16-/m1/s1. The van der Waals surface area contributed by atoms with E-state index in [9.17, 15) is 9.59 Å². The Hall–Kier alpha value is -2.82. The van der Waals surface area contributed by atoms with Gasteiger partial charge in [-0.2, -0.15) is 0 Å². The van der Waals surface area contributed by atoms with Gasteiger partial charge in [-0.1, -0.05) is 56.3 Å². The molecule has 3 aromatic rings. The fraction of sp³-hybridized carbons (Fsp3) is 0.364. The number of hydrogen-bond donors (Lipinski definition) is 2. The number of aromatic nitrogens is 2. The fourth-order valence-corrected chi connectivity index (χ4v) is 3.71. The molecule has 5 heteroatoms. The first-order valence-electron chi connectivity index (χ1n) is 9.39. The lowest BCUT2D eigenvalue weighted by Crippen LogP contribution is -2.37. The molecule has 0 saturated heterocycles. The molecule has 2 aromatic carbocycles. The number of nitrogens with one attached hydrogen (secondary N) is 2. The van der Waals surface area contributed by atoms with Crippen LogP contribution in [0.15, 0.2) is 59.4 Å². The lowest BCUT2D eigenvalue weighted by Gasteiger charge is -2.29. The summed E-state index contributed by atoms with van der Waals surface area (Å²) in [6, 6.07) is 17.9. The van der Waals surface area contributed by atoms with E-state index in [2.05, 4.69) is 36.3 Å². The van der Waals surface area contributed by atoms with E-state index in [1.54, 1.807) is 4.57 Å². The molecule has 0 aliphatic rings. The molecule has 0 saturated carbocycles. The van der Waals surface area contributed by atoms with E-state index in [1.165, 1.54) is 5.56 Å². The van der Waals surface area contributed by atoms with Crippen molar-refractivity contribution in [1.29, 1.82) is 0 Å². The molecule has 142 valence electrons. The smallest absolute Gasteiger partial charge is 0.326 e. The fourth-order valence-electron chi connectivity index (χ4n) is 3.71. The molecule has 1 aromatic heterocycles. The number of carbonyl (C=O) groups excluding carboxylic acids is 1. The second-order valence-corrected chi connectivity index (χ2v) is 7.77. The van der Waals surface area contributed by atoms with Crippen molar-refractivity contribution in [2.24, 2.45) is 0 Å². The summed E-state index contributed by atoms with van der Waals surface area (Å²) in [5, 5.41) is 3.07. The molecule has 0 bridgehead atoms. The zero-order valence-corrected chi connectivity index (χ0v) is 16.2. The van der Waals surface area contributed by atoms with Crippen LogP contribution in [0.2, 0.25) is 0 Å². The number of imidazole rings is 1. The molecular weight excluding hydrogens is 338 g/mol. The quantitative estimate of drug-likeness (QED) is 0.672. The summed E-state index contributed by atoms with van der Waals surface area (Å²) in [5.74, 6) is -0.0384. The Morgan fingerprint density at radius 2 is 1.78 bits per heavy atom. The summed E-state index contributed by atoms with van der Waals surface area (Å²) in [4.78, 5) is 27.3. The SMILES string of the molecule is C[C@H](CC(C)(C)c1ccccc1)NC(=O)CCn1c(=O)[nH]c2ccccc21. The minimum absolute atomic E-state index is 0.0261. The highest BCUT2D eigenvalue weighted by Crippen LogP contribution is 2.28. The topological polar surface area (TPSA) is 66.9 Å². The van der Waals surface area contributed by atoms with Crippen LogP contribution in [0.25, 0.3) is 11.0 Å². The minimum Gasteiger partial charge on any atom is -0.354 e. The van der Waals surface area contributed by atoms with Crippen molar-refractivity contribution in [1.82, 2.24) is 14.9 Å². The van der Waals surface area contributed by atoms with Crippen LogP contribution in [0.3, 0.4) is 0 Å². The van der Waals surface area contributed by atoms with Crippen molar-refractivity contribution in [2.45, 2.75) is 51.6 Å².